The average molecular weight is 336 g/mol. The second-order valence-corrected chi connectivity index (χ2v) is 5.65. The average Bonchev–Trinajstić information content (AvgIpc) is 2.96. The number of alkyl halides is 2. The molecule has 3 rings (SSSR count). The highest BCUT2D eigenvalue weighted by Crippen LogP contribution is 2.29. The number of pyridine rings is 1. The first-order chi connectivity index (χ1) is 11.5. The second-order valence-electron chi connectivity index (χ2n) is 5.65. The van der Waals surface area contributed by atoms with Crippen molar-refractivity contribution in [1.82, 2.24) is 20.1 Å². The molecule has 24 heavy (non-hydrogen) atoms. The fourth-order valence-electron chi connectivity index (χ4n) is 2.86. The molecule has 0 spiro atoms. The summed E-state index contributed by atoms with van der Waals surface area (Å²) in [7, 11) is 1.88. The number of nitrogens with zero attached hydrogens (tertiary/aromatic N) is 3. The van der Waals surface area contributed by atoms with Crippen LogP contribution in [0.3, 0.4) is 0 Å². The van der Waals surface area contributed by atoms with Gasteiger partial charge in [-0.05, 0) is 25.3 Å². The van der Waals surface area contributed by atoms with Crippen LogP contribution in [0.15, 0.2) is 24.4 Å². The minimum Gasteiger partial charge on any atom is -0.472 e. The SMILES string of the molecule is Cn1ncc2c1CCC[C@@H]2NC(=O)c1cccc(OCC(F)F)n1. The lowest BCUT2D eigenvalue weighted by Gasteiger charge is -2.23. The molecule has 2 aromatic rings. The van der Waals surface area contributed by atoms with Crippen LogP contribution in [0.25, 0.3) is 0 Å². The van der Waals surface area contributed by atoms with E-state index in [1.807, 2.05) is 11.7 Å². The van der Waals surface area contributed by atoms with Gasteiger partial charge in [0.05, 0.1) is 12.2 Å². The Morgan fingerprint density at radius 2 is 2.33 bits per heavy atom. The van der Waals surface area contributed by atoms with Crippen molar-refractivity contribution in [3.8, 4) is 5.88 Å². The molecule has 1 aliphatic carbocycles. The van der Waals surface area contributed by atoms with Crippen molar-refractivity contribution in [2.75, 3.05) is 6.61 Å². The van der Waals surface area contributed by atoms with E-state index >= 15 is 0 Å². The zero-order chi connectivity index (χ0) is 17.1. The normalized spacial score (nSPS) is 16.8. The van der Waals surface area contributed by atoms with Crippen molar-refractivity contribution in [2.24, 2.45) is 7.05 Å². The quantitative estimate of drug-likeness (QED) is 0.909. The number of carbonyl (C=O) groups excluding carboxylic acids is 1. The molecule has 0 saturated heterocycles. The van der Waals surface area contributed by atoms with Crippen LogP contribution in [0, 0.1) is 0 Å². The molecule has 1 aliphatic rings. The Kier molecular flexibility index (Phi) is 4.73. The largest absolute Gasteiger partial charge is 0.472 e. The summed E-state index contributed by atoms with van der Waals surface area (Å²) in [5.41, 5.74) is 2.27. The van der Waals surface area contributed by atoms with Crippen molar-refractivity contribution in [1.29, 1.82) is 0 Å². The zero-order valence-electron chi connectivity index (χ0n) is 13.2. The van der Waals surface area contributed by atoms with E-state index in [4.69, 9.17) is 4.74 Å². The number of halogens is 2. The lowest BCUT2D eigenvalue weighted by Crippen LogP contribution is -2.31. The molecule has 0 saturated carbocycles. The third-order valence-corrected chi connectivity index (χ3v) is 3.99. The number of ether oxygens (including phenoxy) is 1. The van der Waals surface area contributed by atoms with Gasteiger partial charge in [-0.25, -0.2) is 13.8 Å². The van der Waals surface area contributed by atoms with Gasteiger partial charge in [0.2, 0.25) is 5.88 Å². The van der Waals surface area contributed by atoms with Gasteiger partial charge in [0, 0.05) is 24.4 Å². The third-order valence-electron chi connectivity index (χ3n) is 3.99. The van der Waals surface area contributed by atoms with Gasteiger partial charge < -0.3 is 10.1 Å². The summed E-state index contributed by atoms with van der Waals surface area (Å²) in [6.07, 6.45) is 1.91. The van der Waals surface area contributed by atoms with Gasteiger partial charge in [-0.2, -0.15) is 5.10 Å². The number of rotatable bonds is 5. The summed E-state index contributed by atoms with van der Waals surface area (Å²) in [6, 6.07) is 4.40. The molecule has 0 aliphatic heterocycles. The number of carbonyl (C=O) groups is 1. The molecule has 8 heteroatoms. The van der Waals surface area contributed by atoms with Crippen LogP contribution in [0.5, 0.6) is 5.88 Å². The Hall–Kier alpha value is -2.51. The van der Waals surface area contributed by atoms with Gasteiger partial charge in [-0.15, -0.1) is 0 Å². The molecule has 2 heterocycles. The smallest absolute Gasteiger partial charge is 0.272 e. The van der Waals surface area contributed by atoms with Crippen LogP contribution >= 0.6 is 0 Å². The van der Waals surface area contributed by atoms with Crippen LogP contribution in [0.2, 0.25) is 0 Å². The molecular formula is C16H18F2N4O2. The molecule has 0 fully saturated rings. The zero-order valence-corrected chi connectivity index (χ0v) is 13.2. The summed E-state index contributed by atoms with van der Waals surface area (Å²) in [4.78, 5) is 16.4. The topological polar surface area (TPSA) is 69.0 Å². The summed E-state index contributed by atoms with van der Waals surface area (Å²) in [6.45, 7) is -0.750. The first-order valence-corrected chi connectivity index (χ1v) is 7.74. The van der Waals surface area contributed by atoms with Crippen molar-refractivity contribution >= 4 is 5.91 Å². The number of hydrogen-bond donors (Lipinski definition) is 1. The maximum absolute atomic E-state index is 12.4. The van der Waals surface area contributed by atoms with Crippen LogP contribution in [-0.2, 0) is 13.5 Å². The highest BCUT2D eigenvalue weighted by molar-refractivity contribution is 5.92. The van der Waals surface area contributed by atoms with E-state index in [1.54, 1.807) is 12.3 Å². The summed E-state index contributed by atoms with van der Waals surface area (Å²) >= 11 is 0. The Morgan fingerprint density at radius 1 is 1.50 bits per heavy atom. The van der Waals surface area contributed by atoms with Gasteiger partial charge in [0.15, 0.2) is 6.61 Å². The number of hydrogen-bond acceptors (Lipinski definition) is 4. The molecule has 6 nitrogen and oxygen atoms in total. The minimum atomic E-state index is -2.59. The molecule has 1 amide bonds. The molecule has 128 valence electrons. The molecular weight excluding hydrogens is 318 g/mol. The number of aryl methyl sites for hydroxylation is 1. The first kappa shape index (κ1) is 16.4. The third kappa shape index (κ3) is 3.52. The van der Waals surface area contributed by atoms with Crippen LogP contribution in [0.1, 0.15) is 40.6 Å². The monoisotopic (exact) mass is 336 g/mol. The highest BCUT2D eigenvalue weighted by Gasteiger charge is 2.25. The van der Waals surface area contributed by atoms with Gasteiger partial charge in [-0.3, -0.25) is 9.48 Å². The van der Waals surface area contributed by atoms with E-state index in [0.29, 0.717) is 0 Å². The van der Waals surface area contributed by atoms with Gasteiger partial charge in [-0.1, -0.05) is 6.07 Å². The van der Waals surface area contributed by atoms with Crippen molar-refractivity contribution < 1.29 is 18.3 Å². The van der Waals surface area contributed by atoms with Gasteiger partial charge >= 0.3 is 0 Å². The number of amides is 1. The van der Waals surface area contributed by atoms with Crippen LogP contribution in [-0.4, -0.2) is 33.7 Å². The second kappa shape index (κ2) is 6.94. The van der Waals surface area contributed by atoms with Gasteiger partial charge in [0.25, 0.3) is 12.3 Å². The highest BCUT2D eigenvalue weighted by atomic mass is 19.3. The summed E-state index contributed by atoms with van der Waals surface area (Å²) < 4.78 is 31.1. The van der Waals surface area contributed by atoms with Crippen molar-refractivity contribution in [3.63, 3.8) is 0 Å². The van der Waals surface area contributed by atoms with Crippen LogP contribution < -0.4 is 10.1 Å². The Bertz CT molecular complexity index is 733. The summed E-state index contributed by atoms with van der Waals surface area (Å²) in [5, 5.41) is 7.18. The van der Waals surface area contributed by atoms with Crippen LogP contribution in [0.4, 0.5) is 8.78 Å². The fourth-order valence-corrected chi connectivity index (χ4v) is 2.86. The molecule has 1 N–H and O–H groups in total. The molecule has 0 unspecified atom stereocenters. The standard InChI is InChI=1S/C16H18F2N4O2/c1-22-13-6-2-4-11(10(13)8-19-22)21-16(23)12-5-3-7-15(20-12)24-9-14(17)18/h3,5,7-8,11,14H,2,4,6,9H2,1H3,(H,21,23)/t11-/m0/s1. The van der Waals surface area contributed by atoms with E-state index in [2.05, 4.69) is 15.4 Å². The maximum Gasteiger partial charge on any atom is 0.272 e. The van der Waals surface area contributed by atoms with E-state index in [9.17, 15) is 13.6 Å². The molecule has 0 aromatic carbocycles. The minimum absolute atomic E-state index is 0.00802. The van der Waals surface area contributed by atoms with Gasteiger partial charge in [0.1, 0.15) is 5.69 Å². The predicted molar refractivity (Wildman–Crippen MR) is 82.1 cm³/mol. The molecule has 0 bridgehead atoms. The van der Waals surface area contributed by atoms with E-state index < -0.39 is 13.0 Å². The van der Waals surface area contributed by atoms with Crippen molar-refractivity contribution in [2.45, 2.75) is 31.7 Å². The number of fused-ring (bicyclic) bond motifs is 1. The first-order valence-electron chi connectivity index (χ1n) is 7.74. The fraction of sp³-hybridized carbons (Fsp3) is 0.438. The molecule has 2 aromatic heterocycles. The number of nitrogens with one attached hydrogen (secondary N) is 1. The Labute approximate surface area is 137 Å². The summed E-state index contributed by atoms with van der Waals surface area (Å²) in [5.74, 6) is -0.354. The lowest BCUT2D eigenvalue weighted by atomic mass is 9.93. The lowest BCUT2D eigenvalue weighted by molar-refractivity contribution is 0.0792. The van der Waals surface area contributed by atoms with E-state index in [1.165, 1.54) is 12.1 Å². The molecule has 0 radical (unpaired) electrons. The maximum atomic E-state index is 12.4. The van der Waals surface area contributed by atoms with E-state index in [0.717, 1.165) is 30.5 Å². The van der Waals surface area contributed by atoms with E-state index in [-0.39, 0.29) is 23.5 Å². The Morgan fingerprint density at radius 3 is 3.12 bits per heavy atom. The Balaban J connectivity index is 1.70. The molecule has 1 atom stereocenters. The number of aromatic nitrogens is 3. The van der Waals surface area contributed by atoms with Crippen molar-refractivity contribution in [3.05, 3.63) is 41.3 Å². The predicted octanol–water partition coefficient (Wildman–Crippen LogP) is 2.27.